The van der Waals surface area contributed by atoms with E-state index in [1.165, 1.54) is 5.56 Å². The van der Waals surface area contributed by atoms with E-state index in [1.54, 1.807) is 0 Å². The van der Waals surface area contributed by atoms with Crippen molar-refractivity contribution in [3.05, 3.63) is 35.9 Å². The minimum absolute atomic E-state index is 0.492. The highest BCUT2D eigenvalue weighted by Gasteiger charge is 2.32. The van der Waals surface area contributed by atoms with Gasteiger partial charge in [-0.1, -0.05) is 30.3 Å². The molecular weight excluding hydrogens is 200 g/mol. The van der Waals surface area contributed by atoms with E-state index >= 15 is 0 Å². The second-order valence-corrected chi connectivity index (χ2v) is 4.19. The summed E-state index contributed by atoms with van der Waals surface area (Å²) in [6, 6.07) is 12.5. The van der Waals surface area contributed by atoms with Gasteiger partial charge in [-0.25, -0.2) is 0 Å². The SMILES string of the molecule is N#CC1(NCc2ccccc2)CCCOC1. The number of nitrogens with zero attached hydrogens (tertiary/aromatic N) is 1. The Bertz CT molecular complexity index is 363. The van der Waals surface area contributed by atoms with E-state index in [0.717, 1.165) is 26.0 Å². The van der Waals surface area contributed by atoms with Gasteiger partial charge in [0, 0.05) is 13.2 Å². The molecule has 1 aromatic rings. The Labute approximate surface area is 96.0 Å². The van der Waals surface area contributed by atoms with Crippen LogP contribution in [0.25, 0.3) is 0 Å². The van der Waals surface area contributed by atoms with E-state index in [9.17, 15) is 5.26 Å². The maximum absolute atomic E-state index is 9.23. The lowest BCUT2D eigenvalue weighted by Crippen LogP contribution is -2.49. The number of hydrogen-bond donors (Lipinski definition) is 1. The van der Waals surface area contributed by atoms with Crippen LogP contribution in [0.5, 0.6) is 0 Å². The van der Waals surface area contributed by atoms with E-state index in [0.29, 0.717) is 6.61 Å². The highest BCUT2D eigenvalue weighted by Crippen LogP contribution is 2.18. The fraction of sp³-hybridized carbons (Fsp3) is 0.462. The van der Waals surface area contributed by atoms with Crippen LogP contribution in [-0.2, 0) is 11.3 Å². The van der Waals surface area contributed by atoms with Crippen LogP contribution in [0.3, 0.4) is 0 Å². The maximum atomic E-state index is 9.23. The molecular formula is C13H16N2O. The summed E-state index contributed by atoms with van der Waals surface area (Å²) in [5.41, 5.74) is 0.705. The maximum Gasteiger partial charge on any atom is 0.130 e. The second kappa shape index (κ2) is 5.11. The minimum atomic E-state index is -0.492. The Morgan fingerprint density at radius 3 is 2.81 bits per heavy atom. The molecule has 0 spiro atoms. The van der Waals surface area contributed by atoms with Crippen molar-refractivity contribution in [2.45, 2.75) is 24.9 Å². The molecule has 2 rings (SSSR count). The minimum Gasteiger partial charge on any atom is -0.378 e. The van der Waals surface area contributed by atoms with Gasteiger partial charge in [0.25, 0.3) is 0 Å². The molecule has 1 N–H and O–H groups in total. The fourth-order valence-corrected chi connectivity index (χ4v) is 1.93. The summed E-state index contributed by atoms with van der Waals surface area (Å²) in [7, 11) is 0. The summed E-state index contributed by atoms with van der Waals surface area (Å²) in [5.74, 6) is 0. The molecule has 0 aromatic heterocycles. The molecule has 0 aliphatic carbocycles. The average molecular weight is 216 g/mol. The van der Waals surface area contributed by atoms with Crippen LogP contribution in [-0.4, -0.2) is 18.8 Å². The van der Waals surface area contributed by atoms with Crippen LogP contribution in [0, 0.1) is 11.3 Å². The summed E-state index contributed by atoms with van der Waals surface area (Å²) in [4.78, 5) is 0. The molecule has 0 bridgehead atoms. The number of nitriles is 1. The van der Waals surface area contributed by atoms with Crippen LogP contribution < -0.4 is 5.32 Å². The standard InChI is InChI=1S/C13H16N2O/c14-10-13(7-4-8-16-11-13)15-9-12-5-2-1-3-6-12/h1-3,5-6,15H,4,7-9,11H2. The first-order valence-electron chi connectivity index (χ1n) is 5.63. The van der Waals surface area contributed by atoms with Crippen molar-refractivity contribution in [3.63, 3.8) is 0 Å². The largest absolute Gasteiger partial charge is 0.378 e. The Balaban J connectivity index is 1.95. The van der Waals surface area contributed by atoms with E-state index in [-0.39, 0.29) is 0 Å². The van der Waals surface area contributed by atoms with Crippen LogP contribution in [0.1, 0.15) is 18.4 Å². The molecule has 1 aliphatic heterocycles. The van der Waals surface area contributed by atoms with E-state index in [2.05, 4.69) is 23.5 Å². The third kappa shape index (κ3) is 2.60. The summed E-state index contributed by atoms with van der Waals surface area (Å²) in [6.07, 6.45) is 1.83. The van der Waals surface area contributed by atoms with Gasteiger partial charge in [0.05, 0.1) is 12.7 Å². The van der Waals surface area contributed by atoms with Crippen molar-refractivity contribution in [2.75, 3.05) is 13.2 Å². The Kier molecular flexibility index (Phi) is 3.55. The third-order valence-electron chi connectivity index (χ3n) is 2.93. The van der Waals surface area contributed by atoms with Gasteiger partial charge in [0.2, 0.25) is 0 Å². The number of hydrogen-bond acceptors (Lipinski definition) is 3. The van der Waals surface area contributed by atoms with Crippen molar-refractivity contribution in [1.29, 1.82) is 5.26 Å². The summed E-state index contributed by atoms with van der Waals surface area (Å²) in [5, 5.41) is 12.5. The van der Waals surface area contributed by atoms with Gasteiger partial charge in [-0.3, -0.25) is 5.32 Å². The first kappa shape index (κ1) is 11.1. The van der Waals surface area contributed by atoms with Crippen LogP contribution >= 0.6 is 0 Å². The van der Waals surface area contributed by atoms with E-state index < -0.39 is 5.54 Å². The molecule has 16 heavy (non-hydrogen) atoms. The van der Waals surface area contributed by atoms with Gasteiger partial charge in [-0.05, 0) is 18.4 Å². The Morgan fingerprint density at radius 1 is 1.38 bits per heavy atom. The van der Waals surface area contributed by atoms with Gasteiger partial charge >= 0.3 is 0 Å². The van der Waals surface area contributed by atoms with Gasteiger partial charge in [0.15, 0.2) is 0 Å². The van der Waals surface area contributed by atoms with Gasteiger partial charge in [-0.2, -0.15) is 5.26 Å². The molecule has 1 heterocycles. The molecule has 84 valence electrons. The zero-order chi connectivity index (χ0) is 11.3. The Morgan fingerprint density at radius 2 is 2.19 bits per heavy atom. The molecule has 0 saturated carbocycles. The number of benzene rings is 1. The molecule has 1 fully saturated rings. The molecule has 3 nitrogen and oxygen atoms in total. The molecule has 1 atom stereocenters. The molecule has 1 unspecified atom stereocenters. The second-order valence-electron chi connectivity index (χ2n) is 4.19. The quantitative estimate of drug-likeness (QED) is 0.838. The zero-order valence-corrected chi connectivity index (χ0v) is 9.28. The fourth-order valence-electron chi connectivity index (χ4n) is 1.93. The smallest absolute Gasteiger partial charge is 0.130 e. The average Bonchev–Trinajstić information content (AvgIpc) is 2.39. The van der Waals surface area contributed by atoms with Gasteiger partial charge in [0.1, 0.15) is 5.54 Å². The van der Waals surface area contributed by atoms with E-state index in [4.69, 9.17) is 4.74 Å². The normalized spacial score (nSPS) is 24.9. The Hall–Kier alpha value is -1.37. The first-order valence-corrected chi connectivity index (χ1v) is 5.63. The molecule has 3 heteroatoms. The van der Waals surface area contributed by atoms with Crippen LogP contribution in [0.2, 0.25) is 0 Å². The lowest BCUT2D eigenvalue weighted by Gasteiger charge is -2.31. The van der Waals surface area contributed by atoms with Crippen molar-refractivity contribution in [1.82, 2.24) is 5.32 Å². The number of ether oxygens (including phenoxy) is 1. The number of rotatable bonds is 3. The molecule has 1 aliphatic rings. The topological polar surface area (TPSA) is 45.0 Å². The summed E-state index contributed by atoms with van der Waals surface area (Å²) >= 11 is 0. The molecule has 1 saturated heterocycles. The van der Waals surface area contributed by atoms with E-state index in [1.807, 2.05) is 18.2 Å². The summed E-state index contributed by atoms with van der Waals surface area (Å²) < 4.78 is 5.38. The van der Waals surface area contributed by atoms with Gasteiger partial charge < -0.3 is 4.74 Å². The predicted molar refractivity (Wildman–Crippen MR) is 61.7 cm³/mol. The molecule has 1 aromatic carbocycles. The van der Waals surface area contributed by atoms with Crippen molar-refractivity contribution in [2.24, 2.45) is 0 Å². The molecule has 0 radical (unpaired) electrons. The monoisotopic (exact) mass is 216 g/mol. The van der Waals surface area contributed by atoms with Crippen molar-refractivity contribution in [3.8, 4) is 6.07 Å². The highest BCUT2D eigenvalue weighted by atomic mass is 16.5. The third-order valence-corrected chi connectivity index (χ3v) is 2.93. The highest BCUT2D eigenvalue weighted by molar-refractivity contribution is 5.16. The number of nitrogens with one attached hydrogen (secondary N) is 1. The van der Waals surface area contributed by atoms with Gasteiger partial charge in [-0.15, -0.1) is 0 Å². The van der Waals surface area contributed by atoms with Crippen LogP contribution in [0.15, 0.2) is 30.3 Å². The zero-order valence-electron chi connectivity index (χ0n) is 9.28. The summed E-state index contributed by atoms with van der Waals surface area (Å²) in [6.45, 7) is 1.99. The predicted octanol–water partition coefficient (Wildman–Crippen LogP) is 1.85. The lowest BCUT2D eigenvalue weighted by atomic mass is 9.94. The molecule has 0 amide bonds. The first-order chi connectivity index (χ1) is 7.85. The van der Waals surface area contributed by atoms with Crippen LogP contribution in [0.4, 0.5) is 0 Å². The van der Waals surface area contributed by atoms with Crippen molar-refractivity contribution < 1.29 is 4.74 Å². The lowest BCUT2D eigenvalue weighted by molar-refractivity contribution is 0.0435. The van der Waals surface area contributed by atoms with Crippen molar-refractivity contribution >= 4 is 0 Å².